The lowest BCUT2D eigenvalue weighted by molar-refractivity contribution is -0.147. The summed E-state index contributed by atoms with van der Waals surface area (Å²) < 4.78 is 5.50. The number of nitrogens with one attached hydrogen (secondary N) is 1. The molecular formula is C12H23ClN2O2. The Hall–Kier alpha value is -0.320. The average Bonchev–Trinajstić information content (AvgIpc) is 2.33. The number of rotatable bonds is 1. The van der Waals surface area contributed by atoms with Gasteiger partial charge in [0.15, 0.2) is 0 Å². The van der Waals surface area contributed by atoms with Crippen LogP contribution in [-0.2, 0) is 9.53 Å². The Morgan fingerprint density at radius 1 is 1.35 bits per heavy atom. The second-order valence-corrected chi connectivity index (χ2v) is 5.09. The normalized spacial score (nSPS) is 34.0. The lowest BCUT2D eigenvalue weighted by atomic mass is 9.88. The Morgan fingerprint density at radius 3 is 2.71 bits per heavy atom. The van der Waals surface area contributed by atoms with E-state index in [0.29, 0.717) is 19.1 Å². The van der Waals surface area contributed by atoms with Gasteiger partial charge in [-0.1, -0.05) is 13.8 Å². The van der Waals surface area contributed by atoms with Gasteiger partial charge < -0.3 is 15.0 Å². The summed E-state index contributed by atoms with van der Waals surface area (Å²) in [5.41, 5.74) is 0. The molecule has 0 saturated carbocycles. The monoisotopic (exact) mass is 262 g/mol. The van der Waals surface area contributed by atoms with E-state index in [1.165, 1.54) is 0 Å². The quantitative estimate of drug-likeness (QED) is 0.764. The van der Waals surface area contributed by atoms with Gasteiger partial charge in [0, 0.05) is 26.2 Å². The van der Waals surface area contributed by atoms with E-state index in [4.69, 9.17) is 4.74 Å². The second kappa shape index (κ2) is 6.57. The molecule has 0 radical (unpaired) electrons. The van der Waals surface area contributed by atoms with Crippen LogP contribution >= 0.6 is 12.4 Å². The molecule has 0 aromatic carbocycles. The van der Waals surface area contributed by atoms with E-state index in [-0.39, 0.29) is 24.4 Å². The Labute approximate surface area is 109 Å². The Balaban J connectivity index is 0.00000144. The minimum atomic E-state index is -0.255. The molecule has 0 bridgehead atoms. The van der Waals surface area contributed by atoms with E-state index in [1.54, 1.807) is 0 Å². The van der Waals surface area contributed by atoms with Crippen LogP contribution in [0.3, 0.4) is 0 Å². The fourth-order valence-electron chi connectivity index (χ4n) is 2.39. The van der Waals surface area contributed by atoms with Crippen molar-refractivity contribution in [3.63, 3.8) is 0 Å². The van der Waals surface area contributed by atoms with Gasteiger partial charge in [0.25, 0.3) is 5.91 Å². The summed E-state index contributed by atoms with van der Waals surface area (Å²) in [4.78, 5) is 14.1. The van der Waals surface area contributed by atoms with Crippen molar-refractivity contribution in [1.29, 1.82) is 0 Å². The number of halogens is 1. The van der Waals surface area contributed by atoms with Crippen LogP contribution in [0.25, 0.3) is 0 Å². The molecule has 2 heterocycles. The van der Waals surface area contributed by atoms with Gasteiger partial charge in [0.05, 0.1) is 6.61 Å². The third kappa shape index (κ3) is 3.57. The Bertz CT molecular complexity index is 257. The maximum Gasteiger partial charge on any atom is 0.253 e. The molecule has 2 aliphatic rings. The molecule has 3 atom stereocenters. The van der Waals surface area contributed by atoms with Gasteiger partial charge in [-0.05, 0) is 18.3 Å². The van der Waals surface area contributed by atoms with E-state index in [2.05, 4.69) is 19.2 Å². The van der Waals surface area contributed by atoms with E-state index in [1.807, 2.05) is 4.90 Å². The van der Waals surface area contributed by atoms with Crippen molar-refractivity contribution in [2.45, 2.75) is 26.4 Å². The smallest absolute Gasteiger partial charge is 0.253 e. The summed E-state index contributed by atoms with van der Waals surface area (Å²) in [5, 5.41) is 3.20. The van der Waals surface area contributed by atoms with Crippen molar-refractivity contribution in [3.8, 4) is 0 Å². The van der Waals surface area contributed by atoms with E-state index in [9.17, 15) is 4.79 Å². The first kappa shape index (κ1) is 14.7. The molecular weight excluding hydrogens is 240 g/mol. The molecule has 1 amide bonds. The molecule has 17 heavy (non-hydrogen) atoms. The number of hydrogen-bond acceptors (Lipinski definition) is 3. The molecule has 5 heteroatoms. The highest BCUT2D eigenvalue weighted by molar-refractivity contribution is 5.85. The average molecular weight is 263 g/mol. The summed E-state index contributed by atoms with van der Waals surface area (Å²) >= 11 is 0. The third-order valence-electron chi connectivity index (χ3n) is 3.85. The van der Waals surface area contributed by atoms with Crippen molar-refractivity contribution >= 4 is 18.3 Å². The van der Waals surface area contributed by atoms with Crippen molar-refractivity contribution in [1.82, 2.24) is 10.2 Å². The van der Waals surface area contributed by atoms with Crippen molar-refractivity contribution in [2.75, 3.05) is 32.8 Å². The van der Waals surface area contributed by atoms with Gasteiger partial charge in [-0.3, -0.25) is 4.79 Å². The number of carbonyl (C=O) groups excluding carboxylic acids is 1. The molecule has 0 aliphatic carbocycles. The SMILES string of the molecule is CC1CCN(C(=O)C2CNCCO2)CC1C.Cl. The number of ether oxygens (including phenoxy) is 1. The zero-order valence-electron chi connectivity index (χ0n) is 10.6. The number of carbonyl (C=O) groups is 1. The van der Waals surface area contributed by atoms with Crippen LogP contribution in [-0.4, -0.2) is 49.7 Å². The minimum absolute atomic E-state index is 0. The Kier molecular flexibility index (Phi) is 5.70. The van der Waals surface area contributed by atoms with Crippen LogP contribution < -0.4 is 5.32 Å². The molecule has 100 valence electrons. The van der Waals surface area contributed by atoms with Crippen molar-refractivity contribution < 1.29 is 9.53 Å². The molecule has 4 nitrogen and oxygen atoms in total. The van der Waals surface area contributed by atoms with E-state index in [0.717, 1.165) is 32.0 Å². The first-order valence-electron chi connectivity index (χ1n) is 6.29. The predicted molar refractivity (Wildman–Crippen MR) is 69.4 cm³/mol. The summed E-state index contributed by atoms with van der Waals surface area (Å²) in [6.07, 6.45) is 0.863. The topological polar surface area (TPSA) is 41.6 Å². The number of piperidine rings is 1. The minimum Gasteiger partial charge on any atom is -0.366 e. The van der Waals surface area contributed by atoms with Crippen molar-refractivity contribution in [2.24, 2.45) is 11.8 Å². The number of hydrogen-bond donors (Lipinski definition) is 1. The lowest BCUT2D eigenvalue weighted by Gasteiger charge is -2.37. The van der Waals surface area contributed by atoms with Gasteiger partial charge in [0.2, 0.25) is 0 Å². The Morgan fingerprint density at radius 2 is 2.12 bits per heavy atom. The lowest BCUT2D eigenvalue weighted by Crippen LogP contribution is -2.52. The number of nitrogens with zero attached hydrogens (tertiary/aromatic N) is 1. The van der Waals surface area contributed by atoms with Gasteiger partial charge in [-0.2, -0.15) is 0 Å². The fourth-order valence-corrected chi connectivity index (χ4v) is 2.39. The number of morpholine rings is 1. The standard InChI is InChI=1S/C12H22N2O2.ClH/c1-9-3-5-14(8-10(9)2)12(15)11-7-13-4-6-16-11;/h9-11,13H,3-8H2,1-2H3;1H. The molecule has 3 unspecified atom stereocenters. The third-order valence-corrected chi connectivity index (χ3v) is 3.85. The zero-order valence-corrected chi connectivity index (χ0v) is 11.5. The first-order valence-corrected chi connectivity index (χ1v) is 6.29. The maximum absolute atomic E-state index is 12.2. The molecule has 2 saturated heterocycles. The molecule has 0 aromatic rings. The highest BCUT2D eigenvalue weighted by Gasteiger charge is 2.31. The fraction of sp³-hybridized carbons (Fsp3) is 0.917. The zero-order chi connectivity index (χ0) is 11.5. The van der Waals surface area contributed by atoms with Crippen LogP contribution in [0.1, 0.15) is 20.3 Å². The largest absolute Gasteiger partial charge is 0.366 e. The predicted octanol–water partition coefficient (Wildman–Crippen LogP) is 0.901. The number of amides is 1. The van der Waals surface area contributed by atoms with E-state index < -0.39 is 0 Å². The van der Waals surface area contributed by atoms with Crippen LogP contribution in [0.5, 0.6) is 0 Å². The van der Waals surface area contributed by atoms with Gasteiger partial charge >= 0.3 is 0 Å². The van der Waals surface area contributed by atoms with E-state index >= 15 is 0 Å². The second-order valence-electron chi connectivity index (χ2n) is 5.09. The summed E-state index contributed by atoms with van der Waals surface area (Å²) in [5.74, 6) is 1.51. The highest BCUT2D eigenvalue weighted by atomic mass is 35.5. The molecule has 1 N–H and O–H groups in total. The molecule has 2 fully saturated rings. The molecule has 0 spiro atoms. The van der Waals surface area contributed by atoms with Gasteiger partial charge in [-0.15, -0.1) is 12.4 Å². The number of likely N-dealkylation sites (tertiary alicyclic amines) is 1. The van der Waals surface area contributed by atoms with Crippen LogP contribution in [0, 0.1) is 11.8 Å². The van der Waals surface area contributed by atoms with Crippen LogP contribution in [0.4, 0.5) is 0 Å². The summed E-state index contributed by atoms with van der Waals surface area (Å²) in [7, 11) is 0. The van der Waals surface area contributed by atoms with Gasteiger partial charge in [0.1, 0.15) is 6.10 Å². The molecule has 2 rings (SSSR count). The highest BCUT2D eigenvalue weighted by Crippen LogP contribution is 2.23. The maximum atomic E-state index is 12.2. The van der Waals surface area contributed by atoms with Crippen LogP contribution in [0.2, 0.25) is 0 Å². The molecule has 0 aromatic heterocycles. The van der Waals surface area contributed by atoms with Crippen LogP contribution in [0.15, 0.2) is 0 Å². The van der Waals surface area contributed by atoms with Gasteiger partial charge in [-0.25, -0.2) is 0 Å². The first-order chi connectivity index (χ1) is 7.68. The summed E-state index contributed by atoms with van der Waals surface area (Å²) in [6.45, 7) is 8.45. The molecule has 2 aliphatic heterocycles. The van der Waals surface area contributed by atoms with Crippen molar-refractivity contribution in [3.05, 3.63) is 0 Å². The summed E-state index contributed by atoms with van der Waals surface area (Å²) in [6, 6.07) is 0.